The van der Waals surface area contributed by atoms with E-state index < -0.39 is 39.3 Å². The van der Waals surface area contributed by atoms with Crippen molar-refractivity contribution in [2.45, 2.75) is 46.3 Å². The number of methoxy groups -OCH3 is 1. The molecule has 0 aliphatic rings. The van der Waals surface area contributed by atoms with Crippen LogP contribution in [0.1, 0.15) is 31.9 Å². The molecule has 2 aromatic rings. The molecule has 0 bridgehead atoms. The number of hydrogen-bond donors (Lipinski definition) is 1. The first-order valence-corrected chi connectivity index (χ1v) is 13.1. The Bertz CT molecular complexity index is 1230. The molecule has 0 radical (unpaired) electrons. The number of rotatable bonds is 11. The smallest absolute Gasteiger partial charge is 0.271 e. The molecule has 0 fully saturated rings. The van der Waals surface area contributed by atoms with E-state index in [0.29, 0.717) is 0 Å². The van der Waals surface area contributed by atoms with Crippen LogP contribution in [-0.4, -0.2) is 62.0 Å². The minimum Gasteiger partial charge on any atom is -0.495 e. The monoisotopic (exact) mass is 520 g/mol. The van der Waals surface area contributed by atoms with E-state index in [9.17, 15) is 28.1 Å². The maximum absolute atomic E-state index is 13.6. The van der Waals surface area contributed by atoms with E-state index in [4.69, 9.17) is 4.74 Å². The second kappa shape index (κ2) is 11.8. The average molecular weight is 521 g/mol. The van der Waals surface area contributed by atoms with Crippen molar-refractivity contribution < 1.29 is 27.7 Å². The fourth-order valence-corrected chi connectivity index (χ4v) is 4.39. The molecule has 0 aromatic heterocycles. The lowest BCUT2D eigenvalue weighted by molar-refractivity contribution is -0.384. The Morgan fingerprint density at radius 3 is 2.31 bits per heavy atom. The molecule has 1 N–H and O–H groups in total. The molecule has 0 aliphatic heterocycles. The van der Waals surface area contributed by atoms with Crippen LogP contribution in [-0.2, 0) is 26.2 Å². The van der Waals surface area contributed by atoms with Crippen LogP contribution in [0.25, 0.3) is 0 Å². The standard InChI is InChI=1S/C24H32N4O7S/c1-16(2)25-24(30)18(4)26(14-19-10-8-7-9-17(19)3)23(29)15-27(36(6,33)34)21-13-20(28(31)32)11-12-22(21)35-5/h7-13,16,18H,14-15H2,1-6H3,(H,25,30). The van der Waals surface area contributed by atoms with Crippen LogP contribution in [0.3, 0.4) is 0 Å². The minimum atomic E-state index is -4.08. The maximum atomic E-state index is 13.6. The number of sulfonamides is 1. The van der Waals surface area contributed by atoms with Crippen LogP contribution in [0.4, 0.5) is 11.4 Å². The number of ether oxygens (including phenoxy) is 1. The summed E-state index contributed by atoms with van der Waals surface area (Å²) < 4.78 is 31.5. The first-order valence-electron chi connectivity index (χ1n) is 11.2. The number of nitrogens with one attached hydrogen (secondary N) is 1. The molecule has 12 heteroatoms. The van der Waals surface area contributed by atoms with Gasteiger partial charge >= 0.3 is 0 Å². The van der Waals surface area contributed by atoms with Gasteiger partial charge in [0.05, 0.1) is 18.3 Å². The highest BCUT2D eigenvalue weighted by Gasteiger charge is 2.32. The molecule has 0 spiro atoms. The lowest BCUT2D eigenvalue weighted by Gasteiger charge is -2.32. The van der Waals surface area contributed by atoms with Crippen molar-refractivity contribution >= 4 is 33.2 Å². The molecule has 2 rings (SSSR count). The first kappa shape index (κ1) is 28.6. The molecule has 36 heavy (non-hydrogen) atoms. The van der Waals surface area contributed by atoms with Gasteiger partial charge in [0.25, 0.3) is 5.69 Å². The van der Waals surface area contributed by atoms with Crippen molar-refractivity contribution in [3.8, 4) is 5.75 Å². The van der Waals surface area contributed by atoms with E-state index in [0.717, 1.165) is 27.8 Å². The van der Waals surface area contributed by atoms with Crippen molar-refractivity contribution in [2.75, 3.05) is 24.2 Å². The van der Waals surface area contributed by atoms with Crippen LogP contribution in [0.5, 0.6) is 5.75 Å². The third-order valence-electron chi connectivity index (χ3n) is 5.52. The van der Waals surface area contributed by atoms with Gasteiger partial charge in [-0.25, -0.2) is 8.42 Å². The van der Waals surface area contributed by atoms with Gasteiger partial charge in [-0.1, -0.05) is 24.3 Å². The molecule has 0 saturated heterocycles. The van der Waals surface area contributed by atoms with Gasteiger partial charge < -0.3 is 15.0 Å². The fourth-order valence-electron chi connectivity index (χ4n) is 3.54. The second-order valence-electron chi connectivity index (χ2n) is 8.67. The predicted octanol–water partition coefficient (Wildman–Crippen LogP) is 2.62. The van der Waals surface area contributed by atoms with Gasteiger partial charge in [-0.2, -0.15) is 0 Å². The number of carbonyl (C=O) groups excluding carboxylic acids is 2. The summed E-state index contributed by atoms with van der Waals surface area (Å²) in [5.74, 6) is -1.02. The summed E-state index contributed by atoms with van der Waals surface area (Å²) in [6.45, 7) is 6.37. The van der Waals surface area contributed by atoms with Gasteiger partial charge in [-0.05, 0) is 44.9 Å². The predicted molar refractivity (Wildman–Crippen MR) is 136 cm³/mol. The molecule has 2 amide bonds. The summed E-state index contributed by atoms with van der Waals surface area (Å²) in [6.07, 6.45) is 0.888. The Hall–Kier alpha value is -3.67. The molecule has 11 nitrogen and oxygen atoms in total. The normalized spacial score (nSPS) is 12.1. The number of nitro groups is 1. The number of nitrogens with zero attached hydrogens (tertiary/aromatic N) is 3. The van der Waals surface area contributed by atoms with Crippen molar-refractivity contribution in [3.05, 3.63) is 63.7 Å². The molecular formula is C24H32N4O7S. The first-order chi connectivity index (χ1) is 16.8. The van der Waals surface area contributed by atoms with E-state index in [1.54, 1.807) is 26.8 Å². The molecule has 1 unspecified atom stereocenters. The summed E-state index contributed by atoms with van der Waals surface area (Å²) in [7, 11) is -2.80. The molecular weight excluding hydrogens is 488 g/mol. The van der Waals surface area contributed by atoms with Crippen LogP contribution in [0, 0.1) is 17.0 Å². The van der Waals surface area contributed by atoms with E-state index >= 15 is 0 Å². The third kappa shape index (κ3) is 7.17. The fraction of sp³-hybridized carbons (Fsp3) is 0.417. The zero-order valence-corrected chi connectivity index (χ0v) is 22.0. The van der Waals surface area contributed by atoms with Crippen LogP contribution in [0.15, 0.2) is 42.5 Å². The highest BCUT2D eigenvalue weighted by molar-refractivity contribution is 7.92. The van der Waals surface area contributed by atoms with Crippen molar-refractivity contribution in [1.29, 1.82) is 0 Å². The van der Waals surface area contributed by atoms with E-state index in [-0.39, 0.29) is 29.7 Å². The van der Waals surface area contributed by atoms with Crippen LogP contribution >= 0.6 is 0 Å². The quantitative estimate of drug-likeness (QED) is 0.355. The second-order valence-corrected chi connectivity index (χ2v) is 10.6. The zero-order chi connectivity index (χ0) is 27.2. The Kier molecular flexibility index (Phi) is 9.40. The number of anilines is 1. The highest BCUT2D eigenvalue weighted by atomic mass is 32.2. The van der Waals surface area contributed by atoms with Gasteiger partial charge in [-0.15, -0.1) is 0 Å². The number of aryl methyl sites for hydroxylation is 1. The van der Waals surface area contributed by atoms with E-state index in [1.807, 2.05) is 25.1 Å². The summed E-state index contributed by atoms with van der Waals surface area (Å²) >= 11 is 0. The average Bonchev–Trinajstić information content (AvgIpc) is 2.79. The van der Waals surface area contributed by atoms with Gasteiger partial charge in [0.15, 0.2) is 0 Å². The molecule has 196 valence electrons. The number of hydrogen-bond acceptors (Lipinski definition) is 7. The summed E-state index contributed by atoms with van der Waals surface area (Å²) in [4.78, 5) is 38.4. The summed E-state index contributed by atoms with van der Waals surface area (Å²) in [6, 6.07) is 9.72. The molecule has 0 heterocycles. The van der Waals surface area contributed by atoms with Gasteiger partial charge in [-0.3, -0.25) is 24.0 Å². The molecule has 0 saturated carbocycles. The largest absolute Gasteiger partial charge is 0.495 e. The van der Waals surface area contributed by atoms with Gasteiger partial charge in [0.2, 0.25) is 21.8 Å². The third-order valence-corrected chi connectivity index (χ3v) is 6.65. The lowest BCUT2D eigenvalue weighted by atomic mass is 10.1. The molecule has 0 aliphatic carbocycles. The molecule has 1 atom stereocenters. The topological polar surface area (TPSA) is 139 Å². The summed E-state index contributed by atoms with van der Waals surface area (Å²) in [5.41, 5.74) is 1.16. The summed E-state index contributed by atoms with van der Waals surface area (Å²) in [5, 5.41) is 14.1. The van der Waals surface area contributed by atoms with Crippen LogP contribution < -0.4 is 14.4 Å². The van der Waals surface area contributed by atoms with E-state index in [1.165, 1.54) is 24.1 Å². The number of nitro benzene ring substituents is 1. The number of non-ortho nitro benzene ring substituents is 1. The van der Waals surface area contributed by atoms with Crippen molar-refractivity contribution in [2.24, 2.45) is 0 Å². The number of carbonyl (C=O) groups is 2. The Morgan fingerprint density at radius 1 is 1.14 bits per heavy atom. The van der Waals surface area contributed by atoms with Gasteiger partial charge in [0, 0.05) is 24.7 Å². The lowest BCUT2D eigenvalue weighted by Crippen LogP contribution is -2.52. The van der Waals surface area contributed by atoms with Crippen molar-refractivity contribution in [1.82, 2.24) is 10.2 Å². The SMILES string of the molecule is COc1ccc([N+](=O)[O-])cc1N(CC(=O)N(Cc1ccccc1C)C(C)C(=O)NC(C)C)S(C)(=O)=O. The zero-order valence-electron chi connectivity index (χ0n) is 21.2. The Balaban J connectivity index is 2.53. The molecule has 2 aromatic carbocycles. The Morgan fingerprint density at radius 2 is 1.78 bits per heavy atom. The van der Waals surface area contributed by atoms with Crippen LogP contribution in [0.2, 0.25) is 0 Å². The van der Waals surface area contributed by atoms with E-state index in [2.05, 4.69) is 5.32 Å². The highest BCUT2D eigenvalue weighted by Crippen LogP contribution is 2.34. The van der Waals surface area contributed by atoms with Gasteiger partial charge in [0.1, 0.15) is 24.0 Å². The minimum absolute atomic E-state index is 0.0369. The van der Waals surface area contributed by atoms with Crippen molar-refractivity contribution in [3.63, 3.8) is 0 Å². The number of benzene rings is 2. The number of amides is 2. The Labute approximate surface area is 211 Å². The maximum Gasteiger partial charge on any atom is 0.271 e.